The van der Waals surface area contributed by atoms with Crippen LogP contribution >= 0.6 is 23.2 Å². The molecule has 0 heterocycles. The minimum absolute atomic E-state index is 0.0125. The van der Waals surface area contributed by atoms with Gasteiger partial charge in [0.25, 0.3) is 0 Å². The molecular weight excluding hydrogens is 307 g/mol. The summed E-state index contributed by atoms with van der Waals surface area (Å²) in [5.74, 6) is 0. The largest absolute Gasteiger partial charge is 0.396 e. The van der Waals surface area contributed by atoms with E-state index in [1.54, 1.807) is 0 Å². The highest BCUT2D eigenvalue weighted by Gasteiger charge is 2.28. The van der Waals surface area contributed by atoms with E-state index in [0.717, 1.165) is 12.8 Å². The number of halogens is 2. The number of anilines is 1. The Morgan fingerprint density at radius 2 is 1.95 bits per heavy atom. The number of benzene rings is 1. The molecule has 7 heteroatoms. The van der Waals surface area contributed by atoms with Gasteiger partial charge in [-0.15, -0.1) is 0 Å². The van der Waals surface area contributed by atoms with Gasteiger partial charge in [0.15, 0.2) is 0 Å². The van der Waals surface area contributed by atoms with E-state index in [9.17, 15) is 8.42 Å². The first-order valence-electron chi connectivity index (χ1n) is 5.95. The van der Waals surface area contributed by atoms with Crippen LogP contribution in [0.1, 0.15) is 26.7 Å². The monoisotopic (exact) mass is 324 g/mol. The van der Waals surface area contributed by atoms with Gasteiger partial charge in [-0.3, -0.25) is 0 Å². The van der Waals surface area contributed by atoms with E-state index in [1.165, 1.54) is 23.5 Å². The van der Waals surface area contributed by atoms with Crippen LogP contribution in [0, 0.1) is 0 Å². The highest BCUT2D eigenvalue weighted by molar-refractivity contribution is 7.89. The minimum Gasteiger partial charge on any atom is -0.396 e. The summed E-state index contributed by atoms with van der Waals surface area (Å²) in [4.78, 5) is -0.0125. The number of sulfonamides is 1. The lowest BCUT2D eigenvalue weighted by Gasteiger charge is -2.24. The van der Waals surface area contributed by atoms with E-state index < -0.39 is 10.0 Å². The first-order chi connectivity index (χ1) is 8.73. The fourth-order valence-electron chi connectivity index (χ4n) is 1.74. The topological polar surface area (TPSA) is 63.4 Å². The molecule has 1 rings (SSSR count). The summed E-state index contributed by atoms with van der Waals surface area (Å²) < 4.78 is 26.3. The van der Waals surface area contributed by atoms with E-state index >= 15 is 0 Å². The van der Waals surface area contributed by atoms with Gasteiger partial charge in [0, 0.05) is 13.1 Å². The maximum Gasteiger partial charge on any atom is 0.244 e. The predicted molar refractivity (Wildman–Crippen MR) is 80.2 cm³/mol. The Morgan fingerprint density at radius 1 is 1.37 bits per heavy atom. The zero-order chi connectivity index (χ0) is 14.8. The summed E-state index contributed by atoms with van der Waals surface area (Å²) in [6.07, 6.45) is 1.67. The Labute approximate surface area is 124 Å². The fourth-order valence-corrected chi connectivity index (χ4v) is 3.87. The number of rotatable bonds is 5. The molecule has 0 aliphatic carbocycles. The van der Waals surface area contributed by atoms with Crippen LogP contribution in [0.5, 0.6) is 0 Å². The van der Waals surface area contributed by atoms with Crippen LogP contribution in [-0.2, 0) is 10.0 Å². The lowest BCUT2D eigenvalue weighted by molar-refractivity contribution is 0.369. The Hall–Kier alpha value is -0.490. The molecule has 0 amide bonds. The second kappa shape index (κ2) is 6.31. The van der Waals surface area contributed by atoms with Crippen LogP contribution in [0.2, 0.25) is 10.0 Å². The van der Waals surface area contributed by atoms with Gasteiger partial charge in [-0.05, 0) is 25.5 Å². The van der Waals surface area contributed by atoms with Crippen molar-refractivity contribution in [3.63, 3.8) is 0 Å². The Kier molecular flexibility index (Phi) is 5.50. The second-order valence-corrected chi connectivity index (χ2v) is 7.18. The van der Waals surface area contributed by atoms with Crippen LogP contribution in [0.4, 0.5) is 5.69 Å². The van der Waals surface area contributed by atoms with E-state index in [2.05, 4.69) is 0 Å². The molecule has 0 aromatic heterocycles. The normalized spacial score (nSPS) is 13.8. The third-order valence-electron chi connectivity index (χ3n) is 3.08. The fraction of sp³-hybridized carbons (Fsp3) is 0.500. The average Bonchev–Trinajstić information content (AvgIpc) is 2.35. The molecule has 0 radical (unpaired) electrons. The number of nitrogens with two attached hydrogens (primary N) is 1. The van der Waals surface area contributed by atoms with Gasteiger partial charge in [-0.25, -0.2) is 8.42 Å². The molecule has 1 atom stereocenters. The quantitative estimate of drug-likeness (QED) is 0.844. The smallest absolute Gasteiger partial charge is 0.244 e. The second-order valence-electron chi connectivity index (χ2n) is 4.43. The summed E-state index contributed by atoms with van der Waals surface area (Å²) in [7, 11) is -2.13. The molecule has 4 nitrogen and oxygen atoms in total. The summed E-state index contributed by atoms with van der Waals surface area (Å²) in [6, 6.07) is 2.71. The maximum atomic E-state index is 12.5. The lowest BCUT2D eigenvalue weighted by atomic mass is 10.2. The predicted octanol–water partition coefficient (Wildman–Crippen LogP) is 3.38. The first kappa shape index (κ1) is 16.6. The first-order valence-corrected chi connectivity index (χ1v) is 8.14. The minimum atomic E-state index is -3.67. The van der Waals surface area contributed by atoms with E-state index in [4.69, 9.17) is 28.9 Å². The molecule has 19 heavy (non-hydrogen) atoms. The van der Waals surface area contributed by atoms with Crippen molar-refractivity contribution in [1.29, 1.82) is 0 Å². The highest BCUT2D eigenvalue weighted by atomic mass is 35.5. The summed E-state index contributed by atoms with van der Waals surface area (Å²) in [5.41, 5.74) is 5.75. The van der Waals surface area contributed by atoms with E-state index in [-0.39, 0.29) is 26.7 Å². The zero-order valence-electron chi connectivity index (χ0n) is 11.2. The van der Waals surface area contributed by atoms with Gasteiger partial charge in [-0.1, -0.05) is 36.5 Å². The van der Waals surface area contributed by atoms with E-state index in [0.29, 0.717) is 0 Å². The van der Waals surface area contributed by atoms with Crippen molar-refractivity contribution in [1.82, 2.24) is 4.31 Å². The van der Waals surface area contributed by atoms with Crippen LogP contribution in [0.15, 0.2) is 17.0 Å². The van der Waals surface area contributed by atoms with Gasteiger partial charge in [-0.2, -0.15) is 4.31 Å². The lowest BCUT2D eigenvalue weighted by Crippen LogP contribution is -2.35. The molecule has 0 aliphatic rings. The molecule has 0 saturated carbocycles. The van der Waals surface area contributed by atoms with E-state index in [1.807, 2.05) is 13.8 Å². The van der Waals surface area contributed by atoms with Crippen LogP contribution in [-0.4, -0.2) is 25.8 Å². The summed E-state index contributed by atoms with van der Waals surface area (Å²) in [5, 5.41) is 0.219. The van der Waals surface area contributed by atoms with Crippen LogP contribution in [0.3, 0.4) is 0 Å². The van der Waals surface area contributed by atoms with Crippen molar-refractivity contribution in [2.75, 3.05) is 12.8 Å². The molecule has 1 unspecified atom stereocenters. The number of nitrogen functional groups attached to an aromatic ring is 1. The van der Waals surface area contributed by atoms with Gasteiger partial charge >= 0.3 is 0 Å². The molecule has 0 fully saturated rings. The highest BCUT2D eigenvalue weighted by Crippen LogP contribution is 2.34. The maximum absolute atomic E-state index is 12.5. The SMILES string of the molecule is CCCC(C)N(C)S(=O)(=O)c1ccc(Cl)c(N)c1Cl. The van der Waals surface area contributed by atoms with Crippen LogP contribution in [0.25, 0.3) is 0 Å². The molecule has 0 spiro atoms. The molecule has 1 aromatic carbocycles. The van der Waals surface area contributed by atoms with Gasteiger partial charge in [0.1, 0.15) is 4.90 Å². The van der Waals surface area contributed by atoms with Crippen LogP contribution < -0.4 is 5.73 Å². The number of hydrogen-bond acceptors (Lipinski definition) is 3. The van der Waals surface area contributed by atoms with Crippen molar-refractivity contribution in [2.45, 2.75) is 37.6 Å². The van der Waals surface area contributed by atoms with Gasteiger partial charge in [0.2, 0.25) is 10.0 Å². The number of nitrogens with zero attached hydrogens (tertiary/aromatic N) is 1. The van der Waals surface area contributed by atoms with Gasteiger partial charge < -0.3 is 5.73 Å². The average molecular weight is 325 g/mol. The molecule has 0 aliphatic heterocycles. The molecule has 108 valence electrons. The number of hydrogen-bond donors (Lipinski definition) is 1. The third-order valence-corrected chi connectivity index (χ3v) is 5.94. The Balaban J connectivity index is 3.25. The summed E-state index contributed by atoms with van der Waals surface area (Å²) >= 11 is 11.8. The molecule has 0 saturated heterocycles. The standard InChI is InChI=1S/C12H18Cl2N2O2S/c1-4-5-8(2)16(3)19(17,18)10-7-6-9(13)12(15)11(10)14/h6-8H,4-5,15H2,1-3H3. The molecule has 0 bridgehead atoms. The van der Waals surface area contributed by atoms with Crippen molar-refractivity contribution in [3.8, 4) is 0 Å². The Bertz CT molecular complexity index is 561. The third kappa shape index (κ3) is 3.34. The Morgan fingerprint density at radius 3 is 2.47 bits per heavy atom. The van der Waals surface area contributed by atoms with Crippen molar-refractivity contribution in [2.24, 2.45) is 0 Å². The van der Waals surface area contributed by atoms with Crippen molar-refractivity contribution >= 4 is 38.9 Å². The molecule has 2 N–H and O–H groups in total. The molecule has 1 aromatic rings. The van der Waals surface area contributed by atoms with Gasteiger partial charge in [0.05, 0.1) is 15.7 Å². The zero-order valence-corrected chi connectivity index (χ0v) is 13.5. The summed E-state index contributed by atoms with van der Waals surface area (Å²) in [6.45, 7) is 3.86. The van der Waals surface area contributed by atoms with Crippen molar-refractivity contribution in [3.05, 3.63) is 22.2 Å². The van der Waals surface area contributed by atoms with Crippen molar-refractivity contribution < 1.29 is 8.42 Å². The molecular formula is C12H18Cl2N2O2S.